The zero-order valence-electron chi connectivity index (χ0n) is 9.08. The van der Waals surface area contributed by atoms with Gasteiger partial charge in [0, 0.05) is 0 Å². The fraction of sp³-hybridized carbons (Fsp3) is 0. The van der Waals surface area contributed by atoms with Gasteiger partial charge < -0.3 is 4.98 Å². The normalized spacial score (nSPS) is 10.7. The lowest BCUT2D eigenvalue weighted by Crippen LogP contribution is -2.05. The number of carbonyl (C=O) groups excluding carboxylic acids is 1. The molecular formula is C11H8N4OS2. The summed E-state index contributed by atoms with van der Waals surface area (Å²) in [5.41, 5.74) is 3.42. The minimum Gasteiger partial charge on any atom is -0.324 e. The van der Waals surface area contributed by atoms with Crippen molar-refractivity contribution in [1.82, 2.24) is 15.0 Å². The number of H-pyrrole nitrogens is 1. The van der Waals surface area contributed by atoms with Gasteiger partial charge in [-0.05, 0) is 23.9 Å². The third-order valence-corrected chi connectivity index (χ3v) is 3.91. The van der Waals surface area contributed by atoms with E-state index in [1.54, 1.807) is 11.7 Å². The molecule has 1 amide bonds. The molecule has 0 bridgehead atoms. The van der Waals surface area contributed by atoms with Crippen LogP contribution in [-0.4, -0.2) is 20.2 Å². The summed E-state index contributed by atoms with van der Waals surface area (Å²) < 4.78 is 0.851. The van der Waals surface area contributed by atoms with E-state index < -0.39 is 0 Å². The van der Waals surface area contributed by atoms with E-state index in [0.29, 0.717) is 5.95 Å². The van der Waals surface area contributed by atoms with Crippen molar-refractivity contribution in [3.05, 3.63) is 36.0 Å². The second-order valence-corrected chi connectivity index (χ2v) is 5.60. The number of rotatable bonds is 2. The monoisotopic (exact) mass is 276 g/mol. The van der Waals surface area contributed by atoms with Crippen LogP contribution in [-0.2, 0) is 0 Å². The van der Waals surface area contributed by atoms with Crippen LogP contribution in [0, 0.1) is 0 Å². The van der Waals surface area contributed by atoms with Crippen molar-refractivity contribution in [2.75, 3.05) is 5.32 Å². The molecule has 0 aliphatic rings. The van der Waals surface area contributed by atoms with E-state index in [-0.39, 0.29) is 5.24 Å². The standard InChI is InChI=1S/C11H8N4OS2/c16-11(18-9-5-12-6-17-9)15-10-13-7-3-1-2-4-8(7)14-10/h1-6H,(H2,13,14,15,16). The molecule has 0 saturated carbocycles. The number of amides is 1. The van der Waals surface area contributed by atoms with E-state index in [9.17, 15) is 4.79 Å². The maximum atomic E-state index is 11.7. The number of hydrogen-bond acceptors (Lipinski definition) is 5. The number of carbonyl (C=O) groups is 1. The van der Waals surface area contributed by atoms with Gasteiger partial charge in [0.15, 0.2) is 0 Å². The molecule has 0 radical (unpaired) electrons. The molecule has 18 heavy (non-hydrogen) atoms. The lowest BCUT2D eigenvalue weighted by Gasteiger charge is -1.97. The van der Waals surface area contributed by atoms with Crippen LogP contribution in [0.4, 0.5) is 10.7 Å². The van der Waals surface area contributed by atoms with Gasteiger partial charge in [-0.25, -0.2) is 4.98 Å². The highest BCUT2D eigenvalue weighted by atomic mass is 32.2. The summed E-state index contributed by atoms with van der Waals surface area (Å²) in [4.78, 5) is 22.9. The molecular weight excluding hydrogens is 268 g/mol. The number of thiazole rings is 1. The lowest BCUT2D eigenvalue weighted by molar-refractivity contribution is 0.269. The fourth-order valence-corrected chi connectivity index (χ4v) is 2.82. The second-order valence-electron chi connectivity index (χ2n) is 3.44. The Kier molecular flexibility index (Phi) is 2.99. The number of hydrogen-bond donors (Lipinski definition) is 2. The van der Waals surface area contributed by atoms with Gasteiger partial charge in [0.1, 0.15) is 0 Å². The van der Waals surface area contributed by atoms with Crippen LogP contribution in [0.2, 0.25) is 0 Å². The minimum absolute atomic E-state index is 0.182. The molecule has 0 saturated heterocycles. The number of fused-ring (bicyclic) bond motifs is 1. The van der Waals surface area contributed by atoms with Crippen molar-refractivity contribution in [3.63, 3.8) is 0 Å². The highest BCUT2D eigenvalue weighted by Crippen LogP contribution is 2.24. The number of thioether (sulfide) groups is 1. The van der Waals surface area contributed by atoms with Gasteiger partial charge >= 0.3 is 0 Å². The van der Waals surface area contributed by atoms with E-state index >= 15 is 0 Å². The molecule has 0 aliphatic carbocycles. The Labute approximate surface area is 111 Å². The molecule has 0 aliphatic heterocycles. The van der Waals surface area contributed by atoms with Gasteiger partial charge in [0.2, 0.25) is 5.95 Å². The molecule has 1 aromatic carbocycles. The number of nitrogens with zero attached hydrogens (tertiary/aromatic N) is 2. The van der Waals surface area contributed by atoms with E-state index in [2.05, 4.69) is 20.3 Å². The van der Waals surface area contributed by atoms with Crippen molar-refractivity contribution < 1.29 is 4.79 Å². The maximum Gasteiger partial charge on any atom is 0.291 e. The average molecular weight is 276 g/mol. The van der Waals surface area contributed by atoms with Crippen molar-refractivity contribution in [2.45, 2.75) is 4.21 Å². The van der Waals surface area contributed by atoms with Crippen LogP contribution in [0.5, 0.6) is 0 Å². The fourth-order valence-electron chi connectivity index (χ4n) is 1.48. The summed E-state index contributed by atoms with van der Waals surface area (Å²) in [7, 11) is 0. The van der Waals surface area contributed by atoms with Crippen LogP contribution in [0.3, 0.4) is 0 Å². The molecule has 90 valence electrons. The number of aromatic nitrogens is 3. The molecule has 3 rings (SSSR count). The first kappa shape index (κ1) is 11.2. The Balaban J connectivity index is 1.74. The summed E-state index contributed by atoms with van der Waals surface area (Å²) >= 11 is 2.53. The first-order valence-electron chi connectivity index (χ1n) is 5.13. The highest BCUT2D eigenvalue weighted by molar-refractivity contribution is 8.15. The van der Waals surface area contributed by atoms with Crippen molar-refractivity contribution in [1.29, 1.82) is 0 Å². The van der Waals surface area contributed by atoms with Gasteiger partial charge in [0.25, 0.3) is 5.24 Å². The first-order valence-corrected chi connectivity index (χ1v) is 6.83. The highest BCUT2D eigenvalue weighted by Gasteiger charge is 2.09. The Morgan fingerprint density at radius 3 is 3.06 bits per heavy atom. The first-order chi connectivity index (χ1) is 8.81. The molecule has 2 N–H and O–H groups in total. The lowest BCUT2D eigenvalue weighted by atomic mass is 10.3. The van der Waals surface area contributed by atoms with Gasteiger partial charge in [-0.2, -0.15) is 0 Å². The number of benzene rings is 1. The summed E-state index contributed by atoms with van der Waals surface area (Å²) in [6.07, 6.45) is 1.66. The zero-order valence-corrected chi connectivity index (χ0v) is 10.7. The van der Waals surface area contributed by atoms with Gasteiger partial charge in [-0.15, -0.1) is 11.3 Å². The van der Waals surface area contributed by atoms with Crippen LogP contribution in [0.1, 0.15) is 0 Å². The Bertz CT molecular complexity index is 644. The Morgan fingerprint density at radius 2 is 2.28 bits per heavy atom. The summed E-state index contributed by atoms with van der Waals surface area (Å²) in [5.74, 6) is 0.457. The molecule has 0 atom stereocenters. The predicted octanol–water partition coefficient (Wildman–Crippen LogP) is 3.34. The number of imidazole rings is 1. The molecule has 7 heteroatoms. The van der Waals surface area contributed by atoms with Crippen LogP contribution >= 0.6 is 23.1 Å². The Hall–Kier alpha value is -1.86. The number of aromatic amines is 1. The average Bonchev–Trinajstić information content (AvgIpc) is 2.96. The summed E-state index contributed by atoms with van der Waals surface area (Å²) in [5, 5.41) is 2.52. The molecule has 2 aromatic heterocycles. The number of anilines is 1. The topological polar surface area (TPSA) is 70.7 Å². The van der Waals surface area contributed by atoms with E-state index in [4.69, 9.17) is 0 Å². The summed E-state index contributed by atoms with van der Waals surface area (Å²) in [6, 6.07) is 7.62. The van der Waals surface area contributed by atoms with Crippen LogP contribution in [0.25, 0.3) is 11.0 Å². The largest absolute Gasteiger partial charge is 0.324 e. The predicted molar refractivity (Wildman–Crippen MR) is 73.1 cm³/mol. The molecule has 0 spiro atoms. The second kappa shape index (κ2) is 4.79. The van der Waals surface area contributed by atoms with Crippen LogP contribution < -0.4 is 5.32 Å². The number of para-hydroxylation sites is 2. The van der Waals surface area contributed by atoms with E-state index in [1.807, 2.05) is 24.3 Å². The third-order valence-electron chi connectivity index (χ3n) is 2.21. The van der Waals surface area contributed by atoms with Crippen molar-refractivity contribution in [2.24, 2.45) is 0 Å². The SMILES string of the molecule is O=C(Nc1nc2ccccc2[nH]1)Sc1cncs1. The smallest absolute Gasteiger partial charge is 0.291 e. The van der Waals surface area contributed by atoms with Gasteiger partial charge in [-0.1, -0.05) is 12.1 Å². The molecule has 5 nitrogen and oxygen atoms in total. The van der Waals surface area contributed by atoms with Crippen molar-refractivity contribution in [3.8, 4) is 0 Å². The van der Waals surface area contributed by atoms with E-state index in [0.717, 1.165) is 27.0 Å². The van der Waals surface area contributed by atoms with Crippen molar-refractivity contribution >= 4 is 45.3 Å². The zero-order chi connectivity index (χ0) is 12.4. The van der Waals surface area contributed by atoms with Gasteiger partial charge in [-0.3, -0.25) is 15.1 Å². The minimum atomic E-state index is -0.182. The molecule has 3 aromatic rings. The molecule has 0 fully saturated rings. The van der Waals surface area contributed by atoms with E-state index in [1.165, 1.54) is 11.3 Å². The molecule has 0 unspecified atom stereocenters. The van der Waals surface area contributed by atoms with Gasteiger partial charge in [0.05, 0.1) is 26.9 Å². The molecule has 2 heterocycles. The quantitative estimate of drug-likeness (QED) is 0.704. The number of nitrogens with one attached hydrogen (secondary N) is 2. The Morgan fingerprint density at radius 1 is 1.39 bits per heavy atom. The maximum absolute atomic E-state index is 11.7. The van der Waals surface area contributed by atoms with Crippen LogP contribution in [0.15, 0.2) is 40.2 Å². The third kappa shape index (κ3) is 2.36. The summed E-state index contributed by atoms with van der Waals surface area (Å²) in [6.45, 7) is 0.